The topological polar surface area (TPSA) is 121 Å². The van der Waals surface area contributed by atoms with Gasteiger partial charge in [0.05, 0.1) is 0 Å². The quantitative estimate of drug-likeness (QED) is 0.0607. The summed E-state index contributed by atoms with van der Waals surface area (Å²) in [5.74, 6) is -0.304. The molecule has 5 nitrogen and oxygen atoms in total. The maximum atomic E-state index is 10.7. The molecule has 0 aromatic rings. The van der Waals surface area contributed by atoms with Gasteiger partial charge in [0.2, 0.25) is 11.8 Å². The highest BCUT2D eigenvalue weighted by Gasteiger charge is 1.99. The van der Waals surface area contributed by atoms with Crippen LogP contribution in [-0.4, -0.2) is 11.8 Å². The van der Waals surface area contributed by atoms with Gasteiger partial charge in [0.1, 0.15) is 0 Å². The Kier molecular flexibility index (Phi) is 39.9. The lowest BCUT2D eigenvalue weighted by Crippen LogP contribution is -2.09. The first-order valence-corrected chi connectivity index (χ1v) is 19.2. The summed E-state index contributed by atoms with van der Waals surface area (Å²) in [6.07, 6.45) is 47.9. The van der Waals surface area contributed by atoms with Crippen LogP contribution in [0.3, 0.4) is 0 Å². The normalized spacial score (nSPS) is 11.1. The molecule has 0 rings (SSSR count). The van der Waals surface area contributed by atoms with Crippen molar-refractivity contribution in [2.24, 2.45) is 11.5 Å². The third-order valence-corrected chi connectivity index (χ3v) is 9.10. The molecular formula is C38H79N3O2. The molecule has 0 aliphatic rings. The first-order valence-electron chi connectivity index (χ1n) is 19.2. The predicted octanol–water partition coefficient (Wildman–Crippen LogP) is 12.2. The number of carbonyl (C=O) groups is 2. The number of hydrogen-bond acceptors (Lipinski definition) is 3. The van der Waals surface area contributed by atoms with Crippen molar-refractivity contribution in [1.29, 1.82) is 0 Å². The fourth-order valence-corrected chi connectivity index (χ4v) is 6.26. The largest absolute Gasteiger partial charge is 0.370 e. The SMILES string of the molecule is N.NC(=O)CCCCCCCCCCCCCCCCCCCCCCCCCCCCCCCCCCCCC(N)=O. The second-order valence-corrected chi connectivity index (χ2v) is 13.5. The maximum absolute atomic E-state index is 10.7. The van der Waals surface area contributed by atoms with E-state index in [4.69, 9.17) is 11.5 Å². The van der Waals surface area contributed by atoms with Gasteiger partial charge in [-0.25, -0.2) is 0 Å². The van der Waals surface area contributed by atoms with E-state index >= 15 is 0 Å². The molecule has 7 N–H and O–H groups in total. The highest BCUT2D eigenvalue weighted by molar-refractivity contribution is 5.73. The van der Waals surface area contributed by atoms with Crippen LogP contribution in [-0.2, 0) is 9.59 Å². The van der Waals surface area contributed by atoms with Crippen LogP contribution in [0, 0.1) is 0 Å². The number of amides is 2. The van der Waals surface area contributed by atoms with Crippen molar-refractivity contribution in [2.75, 3.05) is 0 Å². The number of nitrogens with two attached hydrogens (primary N) is 2. The molecule has 0 radical (unpaired) electrons. The van der Waals surface area contributed by atoms with Crippen molar-refractivity contribution in [3.05, 3.63) is 0 Å². The molecule has 5 heteroatoms. The van der Waals surface area contributed by atoms with E-state index in [0.29, 0.717) is 12.8 Å². The van der Waals surface area contributed by atoms with Crippen LogP contribution in [0.4, 0.5) is 0 Å². The van der Waals surface area contributed by atoms with E-state index in [1.165, 1.54) is 193 Å². The predicted molar refractivity (Wildman–Crippen MR) is 190 cm³/mol. The highest BCUT2D eigenvalue weighted by Crippen LogP contribution is 2.17. The molecule has 2 amide bonds. The van der Waals surface area contributed by atoms with Crippen LogP contribution < -0.4 is 17.6 Å². The van der Waals surface area contributed by atoms with E-state index < -0.39 is 0 Å². The molecule has 0 aromatic heterocycles. The minimum Gasteiger partial charge on any atom is -0.370 e. The smallest absolute Gasteiger partial charge is 0.217 e. The van der Waals surface area contributed by atoms with Crippen LogP contribution in [0.2, 0.25) is 0 Å². The van der Waals surface area contributed by atoms with Crippen molar-refractivity contribution >= 4 is 11.8 Å². The lowest BCUT2D eigenvalue weighted by Gasteiger charge is -2.05. The summed E-state index contributed by atoms with van der Waals surface area (Å²) in [7, 11) is 0. The fraction of sp³-hybridized carbons (Fsp3) is 0.947. The van der Waals surface area contributed by atoms with Gasteiger partial charge in [-0.3, -0.25) is 9.59 Å². The molecule has 43 heavy (non-hydrogen) atoms. The molecule has 0 spiro atoms. The van der Waals surface area contributed by atoms with Crippen molar-refractivity contribution in [3.8, 4) is 0 Å². The van der Waals surface area contributed by atoms with E-state index in [9.17, 15) is 9.59 Å². The Hall–Kier alpha value is -1.10. The van der Waals surface area contributed by atoms with Crippen molar-refractivity contribution in [1.82, 2.24) is 6.15 Å². The zero-order valence-corrected chi connectivity index (χ0v) is 29.1. The Morgan fingerprint density at radius 2 is 0.326 bits per heavy atom. The lowest BCUT2D eigenvalue weighted by molar-refractivity contribution is -0.119. The third kappa shape index (κ3) is 43.1. The summed E-state index contributed by atoms with van der Waals surface area (Å²) in [6.45, 7) is 0. The summed E-state index contributed by atoms with van der Waals surface area (Å²) < 4.78 is 0. The standard InChI is InChI=1S/C38H76N2O2.H3N/c39-37(41)35-33-31-29-27-25-23-21-19-17-15-13-11-9-7-5-3-1-2-4-6-8-10-12-14-16-18-20-22-24-26-28-30-32-34-36-38(40)42;/h1-36H2,(H2,39,41)(H2,40,42);1H3. The summed E-state index contributed by atoms with van der Waals surface area (Å²) in [6, 6.07) is 0. The van der Waals surface area contributed by atoms with E-state index in [1.807, 2.05) is 0 Å². The average molecular weight is 610 g/mol. The molecule has 0 fully saturated rings. The van der Waals surface area contributed by atoms with Crippen LogP contribution in [0.5, 0.6) is 0 Å². The molecule has 0 aliphatic heterocycles. The Labute approximate surface area is 269 Å². The van der Waals surface area contributed by atoms with Gasteiger partial charge in [0.15, 0.2) is 0 Å². The summed E-state index contributed by atoms with van der Waals surface area (Å²) in [5, 5.41) is 0. The maximum Gasteiger partial charge on any atom is 0.217 e. The fourth-order valence-electron chi connectivity index (χ4n) is 6.26. The number of unbranched alkanes of at least 4 members (excludes halogenated alkanes) is 33. The van der Waals surface area contributed by atoms with E-state index in [2.05, 4.69) is 0 Å². The molecule has 0 saturated carbocycles. The Morgan fingerprint density at radius 1 is 0.233 bits per heavy atom. The Morgan fingerprint density at radius 3 is 0.419 bits per heavy atom. The second-order valence-electron chi connectivity index (χ2n) is 13.5. The van der Waals surface area contributed by atoms with Gasteiger partial charge in [-0.2, -0.15) is 0 Å². The van der Waals surface area contributed by atoms with Gasteiger partial charge in [-0.15, -0.1) is 0 Å². The molecule has 0 saturated heterocycles. The van der Waals surface area contributed by atoms with Crippen molar-refractivity contribution in [2.45, 2.75) is 231 Å². The van der Waals surface area contributed by atoms with Crippen LogP contribution in [0.1, 0.15) is 231 Å². The molecule has 0 aliphatic carbocycles. The lowest BCUT2D eigenvalue weighted by atomic mass is 10.0. The average Bonchev–Trinajstić information content (AvgIpc) is 2.96. The van der Waals surface area contributed by atoms with Gasteiger partial charge < -0.3 is 17.6 Å². The molecule has 258 valence electrons. The minimum absolute atomic E-state index is 0. The third-order valence-electron chi connectivity index (χ3n) is 9.10. The summed E-state index contributed by atoms with van der Waals surface area (Å²) in [4.78, 5) is 21.4. The Bertz CT molecular complexity index is 507. The zero-order chi connectivity index (χ0) is 30.6. The van der Waals surface area contributed by atoms with E-state index in [0.717, 1.165) is 25.7 Å². The zero-order valence-electron chi connectivity index (χ0n) is 29.1. The van der Waals surface area contributed by atoms with Crippen LogP contribution in [0.15, 0.2) is 0 Å². The number of rotatable bonds is 37. The highest BCUT2D eigenvalue weighted by atomic mass is 16.1. The monoisotopic (exact) mass is 610 g/mol. The summed E-state index contributed by atoms with van der Waals surface area (Å²) >= 11 is 0. The minimum atomic E-state index is -0.152. The van der Waals surface area contributed by atoms with Gasteiger partial charge in [-0.1, -0.05) is 205 Å². The molecule has 0 aromatic carbocycles. The van der Waals surface area contributed by atoms with Crippen molar-refractivity contribution in [3.63, 3.8) is 0 Å². The second kappa shape index (κ2) is 38.9. The number of primary amides is 2. The first-order chi connectivity index (χ1) is 20.6. The van der Waals surface area contributed by atoms with Gasteiger partial charge in [0, 0.05) is 12.8 Å². The first kappa shape index (κ1) is 44.0. The van der Waals surface area contributed by atoms with Crippen LogP contribution in [0.25, 0.3) is 0 Å². The van der Waals surface area contributed by atoms with E-state index in [-0.39, 0.29) is 18.0 Å². The molecule has 0 unspecified atom stereocenters. The molecule has 0 atom stereocenters. The van der Waals surface area contributed by atoms with Crippen molar-refractivity contribution < 1.29 is 9.59 Å². The summed E-state index contributed by atoms with van der Waals surface area (Å²) in [5.41, 5.74) is 10.3. The van der Waals surface area contributed by atoms with E-state index in [1.54, 1.807) is 0 Å². The number of hydrogen-bond donors (Lipinski definition) is 3. The van der Waals surface area contributed by atoms with Crippen LogP contribution >= 0.6 is 0 Å². The molecule has 0 bridgehead atoms. The van der Waals surface area contributed by atoms with Gasteiger partial charge in [0.25, 0.3) is 0 Å². The molecular weight excluding hydrogens is 530 g/mol. The number of carbonyl (C=O) groups excluding carboxylic acids is 2. The molecule has 0 heterocycles. The van der Waals surface area contributed by atoms with Gasteiger partial charge >= 0.3 is 0 Å². The van der Waals surface area contributed by atoms with Gasteiger partial charge in [-0.05, 0) is 12.8 Å². The Balaban J connectivity index is 0.